The van der Waals surface area contributed by atoms with E-state index < -0.39 is 17.2 Å². The van der Waals surface area contributed by atoms with E-state index in [9.17, 15) is 9.59 Å². The van der Waals surface area contributed by atoms with Crippen molar-refractivity contribution in [3.63, 3.8) is 0 Å². The number of aryl methyl sites for hydroxylation is 1. The lowest BCUT2D eigenvalue weighted by Gasteiger charge is -2.23. The van der Waals surface area contributed by atoms with Crippen molar-refractivity contribution in [2.24, 2.45) is 5.41 Å². The topological polar surface area (TPSA) is 80.3 Å². The van der Waals surface area contributed by atoms with Gasteiger partial charge in [0.05, 0.1) is 5.52 Å². The lowest BCUT2D eigenvalue weighted by atomic mass is 9.90. The molecule has 0 aliphatic rings. The Morgan fingerprint density at radius 1 is 0.853 bits per heavy atom. The normalized spacial score (nSPS) is 11.2. The van der Waals surface area contributed by atoms with Gasteiger partial charge < -0.3 is 15.4 Å². The number of carbonyl (C=O) groups is 2. The second kappa shape index (κ2) is 9.53. The second-order valence-electron chi connectivity index (χ2n) is 8.50. The predicted octanol–water partition coefficient (Wildman–Crippen LogP) is 6.59. The van der Waals surface area contributed by atoms with Crippen LogP contribution in [0, 0.1) is 12.3 Å². The highest BCUT2D eigenvalue weighted by Crippen LogP contribution is 2.31. The van der Waals surface area contributed by atoms with Gasteiger partial charge in [0.15, 0.2) is 0 Å². The number of anilines is 2. The average molecular weight is 474 g/mol. The molecule has 0 saturated heterocycles. The third-order valence-corrected chi connectivity index (χ3v) is 5.68. The quantitative estimate of drug-likeness (QED) is 0.309. The number of fused-ring (bicyclic) bond motifs is 1. The third kappa shape index (κ3) is 5.18. The Bertz CT molecular complexity index is 1350. The van der Waals surface area contributed by atoms with Crippen molar-refractivity contribution in [2.75, 3.05) is 10.6 Å². The summed E-state index contributed by atoms with van der Waals surface area (Å²) in [6.45, 7) is 5.14. The second-order valence-corrected chi connectivity index (χ2v) is 8.93. The van der Waals surface area contributed by atoms with E-state index in [1.807, 2.05) is 25.1 Å². The van der Waals surface area contributed by atoms with Gasteiger partial charge in [0.25, 0.3) is 0 Å². The van der Waals surface area contributed by atoms with E-state index in [0.717, 1.165) is 16.5 Å². The first-order valence-electron chi connectivity index (χ1n) is 10.7. The molecule has 4 rings (SSSR count). The fourth-order valence-electron chi connectivity index (χ4n) is 3.23. The molecule has 0 atom stereocenters. The summed E-state index contributed by atoms with van der Waals surface area (Å²) >= 11 is 6.05. The first-order chi connectivity index (χ1) is 16.2. The highest BCUT2D eigenvalue weighted by atomic mass is 35.5. The molecule has 2 N–H and O–H groups in total. The summed E-state index contributed by atoms with van der Waals surface area (Å²) in [5.41, 5.74) is 1.74. The Kier molecular flexibility index (Phi) is 6.52. The van der Waals surface area contributed by atoms with Crippen LogP contribution in [0.3, 0.4) is 0 Å². The summed E-state index contributed by atoms with van der Waals surface area (Å²) < 4.78 is 6.01. The highest BCUT2D eigenvalue weighted by molar-refractivity contribution is 6.31. The molecule has 2 amide bonds. The van der Waals surface area contributed by atoms with E-state index in [0.29, 0.717) is 27.9 Å². The number of amides is 2. The molecular weight excluding hydrogens is 450 g/mol. The smallest absolute Gasteiger partial charge is 0.239 e. The SMILES string of the molecule is Cc1ccc(NC(=O)C(C)(C)C(=O)Nc2ccc(Oc3ccnc4cc(Cl)ccc34)cc2)cc1. The summed E-state index contributed by atoms with van der Waals surface area (Å²) in [7, 11) is 0. The van der Waals surface area contributed by atoms with Crippen LogP contribution in [0.4, 0.5) is 11.4 Å². The standard InChI is InChI=1S/C27H24ClN3O3/c1-17-4-7-19(8-5-17)30-25(32)27(2,3)26(33)31-20-9-11-21(12-10-20)34-24-14-15-29-23-16-18(28)6-13-22(23)24/h4-16H,1-3H3,(H,30,32)(H,31,33). The van der Waals surface area contributed by atoms with Gasteiger partial charge in [-0.05, 0) is 81.4 Å². The molecule has 1 heterocycles. The number of benzene rings is 3. The zero-order chi connectivity index (χ0) is 24.3. The first kappa shape index (κ1) is 23.3. The Hall–Kier alpha value is -3.90. The van der Waals surface area contributed by atoms with Gasteiger partial charge in [-0.1, -0.05) is 29.3 Å². The number of halogens is 1. The number of nitrogens with zero attached hydrogens (tertiary/aromatic N) is 1. The molecule has 172 valence electrons. The summed E-state index contributed by atoms with van der Waals surface area (Å²) in [6, 6.07) is 21.6. The molecule has 0 fully saturated rings. The van der Waals surface area contributed by atoms with Crippen molar-refractivity contribution >= 4 is 45.7 Å². The number of pyridine rings is 1. The minimum absolute atomic E-state index is 0.390. The molecule has 6 nitrogen and oxygen atoms in total. The van der Waals surface area contributed by atoms with Gasteiger partial charge in [0, 0.05) is 28.0 Å². The van der Waals surface area contributed by atoms with Crippen LogP contribution in [0.15, 0.2) is 79.0 Å². The molecule has 0 aliphatic heterocycles. The number of nitrogens with one attached hydrogen (secondary N) is 2. The van der Waals surface area contributed by atoms with Crippen molar-refractivity contribution in [1.29, 1.82) is 0 Å². The maximum absolute atomic E-state index is 12.8. The molecule has 0 saturated carbocycles. The molecule has 34 heavy (non-hydrogen) atoms. The molecule has 0 unspecified atom stereocenters. The van der Waals surface area contributed by atoms with Crippen molar-refractivity contribution in [3.05, 3.63) is 89.6 Å². The summed E-state index contributed by atoms with van der Waals surface area (Å²) in [6.07, 6.45) is 1.66. The van der Waals surface area contributed by atoms with Crippen molar-refractivity contribution in [2.45, 2.75) is 20.8 Å². The molecule has 3 aromatic carbocycles. The number of rotatable bonds is 6. The predicted molar refractivity (Wildman–Crippen MR) is 135 cm³/mol. The Morgan fingerprint density at radius 3 is 2.06 bits per heavy atom. The van der Waals surface area contributed by atoms with Crippen LogP contribution in [-0.4, -0.2) is 16.8 Å². The monoisotopic (exact) mass is 473 g/mol. The van der Waals surface area contributed by atoms with Crippen LogP contribution >= 0.6 is 11.6 Å². The van der Waals surface area contributed by atoms with Crippen LogP contribution in [0.1, 0.15) is 19.4 Å². The molecule has 0 aliphatic carbocycles. The van der Waals surface area contributed by atoms with E-state index in [2.05, 4.69) is 15.6 Å². The number of hydrogen-bond acceptors (Lipinski definition) is 4. The van der Waals surface area contributed by atoms with Crippen LogP contribution in [0.25, 0.3) is 10.9 Å². The highest BCUT2D eigenvalue weighted by Gasteiger charge is 2.36. The summed E-state index contributed by atoms with van der Waals surface area (Å²) in [5, 5.41) is 7.05. The first-order valence-corrected chi connectivity index (χ1v) is 11.1. The van der Waals surface area contributed by atoms with E-state index >= 15 is 0 Å². The maximum Gasteiger partial charge on any atom is 0.239 e. The molecule has 0 spiro atoms. The molecule has 0 radical (unpaired) electrons. The zero-order valence-electron chi connectivity index (χ0n) is 19.1. The average Bonchev–Trinajstić information content (AvgIpc) is 2.81. The Balaban J connectivity index is 1.42. The molecule has 4 aromatic rings. The number of ether oxygens (including phenoxy) is 1. The Labute approximate surface area is 202 Å². The lowest BCUT2D eigenvalue weighted by molar-refractivity contribution is -0.135. The maximum atomic E-state index is 12.8. The van der Waals surface area contributed by atoms with Gasteiger partial charge in [-0.15, -0.1) is 0 Å². The fourth-order valence-corrected chi connectivity index (χ4v) is 3.40. The molecular formula is C27H24ClN3O3. The lowest BCUT2D eigenvalue weighted by Crippen LogP contribution is -2.41. The summed E-state index contributed by atoms with van der Waals surface area (Å²) in [5.74, 6) is 0.436. The molecule has 7 heteroatoms. The molecule has 0 bridgehead atoms. The van der Waals surface area contributed by atoms with Gasteiger partial charge in [-0.25, -0.2) is 0 Å². The zero-order valence-corrected chi connectivity index (χ0v) is 19.8. The minimum atomic E-state index is -1.28. The van der Waals surface area contributed by atoms with Crippen molar-refractivity contribution < 1.29 is 14.3 Å². The van der Waals surface area contributed by atoms with Crippen molar-refractivity contribution in [3.8, 4) is 11.5 Å². The van der Waals surface area contributed by atoms with Gasteiger partial charge in [0.1, 0.15) is 16.9 Å². The Morgan fingerprint density at radius 2 is 1.44 bits per heavy atom. The van der Waals surface area contributed by atoms with E-state index in [-0.39, 0.29) is 0 Å². The van der Waals surface area contributed by atoms with Gasteiger partial charge >= 0.3 is 0 Å². The van der Waals surface area contributed by atoms with Gasteiger partial charge in [-0.2, -0.15) is 0 Å². The van der Waals surface area contributed by atoms with E-state index in [1.165, 1.54) is 0 Å². The van der Waals surface area contributed by atoms with Crippen LogP contribution in [-0.2, 0) is 9.59 Å². The van der Waals surface area contributed by atoms with Crippen LogP contribution in [0.5, 0.6) is 11.5 Å². The van der Waals surface area contributed by atoms with Crippen LogP contribution < -0.4 is 15.4 Å². The largest absolute Gasteiger partial charge is 0.457 e. The number of aromatic nitrogens is 1. The number of hydrogen-bond donors (Lipinski definition) is 2. The van der Waals surface area contributed by atoms with Crippen molar-refractivity contribution in [1.82, 2.24) is 4.98 Å². The van der Waals surface area contributed by atoms with E-state index in [1.54, 1.807) is 74.6 Å². The fraction of sp³-hybridized carbons (Fsp3) is 0.148. The minimum Gasteiger partial charge on any atom is -0.457 e. The van der Waals surface area contributed by atoms with Gasteiger partial charge in [0.2, 0.25) is 11.8 Å². The van der Waals surface area contributed by atoms with Gasteiger partial charge in [-0.3, -0.25) is 14.6 Å². The summed E-state index contributed by atoms with van der Waals surface area (Å²) in [4.78, 5) is 29.9. The van der Waals surface area contributed by atoms with E-state index in [4.69, 9.17) is 16.3 Å². The van der Waals surface area contributed by atoms with Crippen LogP contribution in [0.2, 0.25) is 5.02 Å². The number of carbonyl (C=O) groups excluding carboxylic acids is 2. The molecule has 1 aromatic heterocycles. The third-order valence-electron chi connectivity index (χ3n) is 5.45.